The van der Waals surface area contributed by atoms with Crippen LogP contribution >= 0.6 is 0 Å². The van der Waals surface area contributed by atoms with Gasteiger partial charge >= 0.3 is 5.97 Å². The maximum Gasteiger partial charge on any atom is 0.330 e. The first kappa shape index (κ1) is 7.71. The van der Waals surface area contributed by atoms with E-state index >= 15 is 0 Å². The van der Waals surface area contributed by atoms with Crippen LogP contribution in [0.4, 0.5) is 0 Å². The second kappa shape index (κ2) is 2.69. The van der Waals surface area contributed by atoms with Crippen LogP contribution in [-0.2, 0) is 14.4 Å². The van der Waals surface area contributed by atoms with Gasteiger partial charge in [-0.05, 0) is 0 Å². The lowest BCUT2D eigenvalue weighted by molar-refractivity contribution is -0.178. The lowest BCUT2D eigenvalue weighted by Gasteiger charge is -2.12. The van der Waals surface area contributed by atoms with Crippen LogP contribution in [0, 0.1) is 5.41 Å². The minimum absolute atomic E-state index is 0.0465. The van der Waals surface area contributed by atoms with Crippen molar-refractivity contribution in [1.29, 1.82) is 5.41 Å². The van der Waals surface area contributed by atoms with Crippen molar-refractivity contribution in [2.75, 3.05) is 0 Å². The van der Waals surface area contributed by atoms with Gasteiger partial charge in [-0.25, -0.2) is 4.79 Å². The SMILES string of the molecule is CC(=O)ON1C(=N)CCC1=O. The van der Waals surface area contributed by atoms with Crippen molar-refractivity contribution in [3.63, 3.8) is 0 Å². The summed E-state index contributed by atoms with van der Waals surface area (Å²) in [6.45, 7) is 1.19. The van der Waals surface area contributed by atoms with E-state index in [9.17, 15) is 9.59 Å². The summed E-state index contributed by atoms with van der Waals surface area (Å²) in [5, 5.41) is 7.90. The summed E-state index contributed by atoms with van der Waals surface area (Å²) in [5.41, 5.74) is 0. The summed E-state index contributed by atoms with van der Waals surface area (Å²) < 4.78 is 0. The number of carbonyl (C=O) groups is 2. The van der Waals surface area contributed by atoms with Crippen LogP contribution in [0.1, 0.15) is 19.8 Å². The molecule has 1 heterocycles. The van der Waals surface area contributed by atoms with Gasteiger partial charge in [-0.15, -0.1) is 5.06 Å². The number of amidine groups is 1. The fraction of sp³-hybridized carbons (Fsp3) is 0.500. The molecule has 5 heteroatoms. The number of nitrogens with zero attached hydrogens (tertiary/aromatic N) is 1. The van der Waals surface area contributed by atoms with E-state index in [0.29, 0.717) is 6.42 Å². The first-order valence-corrected chi connectivity index (χ1v) is 3.20. The van der Waals surface area contributed by atoms with Gasteiger partial charge in [0.15, 0.2) is 0 Å². The molecule has 1 aliphatic heterocycles. The zero-order chi connectivity index (χ0) is 8.43. The van der Waals surface area contributed by atoms with Crippen LogP contribution in [0.2, 0.25) is 0 Å². The second-order valence-electron chi connectivity index (χ2n) is 2.22. The number of carbonyl (C=O) groups excluding carboxylic acids is 2. The molecule has 0 aromatic rings. The third kappa shape index (κ3) is 1.54. The highest BCUT2D eigenvalue weighted by Gasteiger charge is 2.28. The second-order valence-corrected chi connectivity index (χ2v) is 2.22. The molecule has 1 rings (SSSR count). The van der Waals surface area contributed by atoms with Crippen LogP contribution in [0.3, 0.4) is 0 Å². The summed E-state index contributed by atoms with van der Waals surface area (Å²) in [6, 6.07) is 0. The minimum atomic E-state index is -0.579. The minimum Gasteiger partial charge on any atom is -0.332 e. The molecule has 0 unspecified atom stereocenters. The Morgan fingerprint density at radius 2 is 2.27 bits per heavy atom. The normalized spacial score (nSPS) is 17.4. The summed E-state index contributed by atoms with van der Waals surface area (Å²) in [5.74, 6) is -0.861. The fourth-order valence-electron chi connectivity index (χ4n) is 0.814. The number of hydrogen-bond acceptors (Lipinski definition) is 4. The molecule has 0 radical (unpaired) electrons. The van der Waals surface area contributed by atoms with Crippen LogP contribution in [-0.4, -0.2) is 22.8 Å². The quantitative estimate of drug-likeness (QED) is 0.583. The van der Waals surface area contributed by atoms with E-state index in [0.717, 1.165) is 5.06 Å². The molecule has 60 valence electrons. The molecular weight excluding hydrogens is 148 g/mol. The molecule has 0 atom stereocenters. The Morgan fingerprint density at radius 1 is 1.64 bits per heavy atom. The van der Waals surface area contributed by atoms with Crippen molar-refractivity contribution < 1.29 is 14.4 Å². The zero-order valence-electron chi connectivity index (χ0n) is 6.09. The van der Waals surface area contributed by atoms with E-state index in [4.69, 9.17) is 5.41 Å². The van der Waals surface area contributed by atoms with Gasteiger partial charge in [-0.1, -0.05) is 0 Å². The predicted octanol–water partition coefficient (Wildman–Crippen LogP) is 0.0642. The number of hydrogen-bond donors (Lipinski definition) is 1. The summed E-state index contributed by atoms with van der Waals surface area (Å²) >= 11 is 0. The Labute approximate surface area is 63.4 Å². The van der Waals surface area contributed by atoms with E-state index in [-0.39, 0.29) is 18.2 Å². The molecule has 1 saturated heterocycles. The summed E-state index contributed by atoms with van der Waals surface area (Å²) in [4.78, 5) is 25.7. The number of nitrogens with one attached hydrogen (secondary N) is 1. The molecule has 11 heavy (non-hydrogen) atoms. The Balaban J connectivity index is 2.62. The lowest BCUT2D eigenvalue weighted by atomic mass is 10.4. The predicted molar refractivity (Wildman–Crippen MR) is 35.6 cm³/mol. The molecule has 0 aromatic heterocycles. The Kier molecular flexibility index (Phi) is 1.89. The Bertz CT molecular complexity index is 208. The first-order valence-electron chi connectivity index (χ1n) is 3.20. The van der Waals surface area contributed by atoms with E-state index in [1.165, 1.54) is 6.92 Å². The molecule has 0 aromatic carbocycles. The van der Waals surface area contributed by atoms with Crippen LogP contribution in [0.15, 0.2) is 0 Å². The number of rotatable bonds is 1. The molecule has 1 N–H and O–H groups in total. The van der Waals surface area contributed by atoms with Crippen molar-refractivity contribution in [2.45, 2.75) is 19.8 Å². The highest BCUT2D eigenvalue weighted by atomic mass is 16.7. The van der Waals surface area contributed by atoms with Gasteiger partial charge < -0.3 is 4.84 Å². The van der Waals surface area contributed by atoms with Gasteiger partial charge in [0, 0.05) is 19.8 Å². The van der Waals surface area contributed by atoms with Crippen molar-refractivity contribution in [3.8, 4) is 0 Å². The Hall–Kier alpha value is -1.39. The summed E-state index contributed by atoms with van der Waals surface area (Å²) in [6.07, 6.45) is 0.609. The van der Waals surface area contributed by atoms with Crippen molar-refractivity contribution in [2.24, 2.45) is 0 Å². The van der Waals surface area contributed by atoms with Gasteiger partial charge in [0.2, 0.25) is 0 Å². The number of hydroxylamine groups is 2. The van der Waals surface area contributed by atoms with Gasteiger partial charge in [0.25, 0.3) is 5.91 Å². The van der Waals surface area contributed by atoms with Crippen LogP contribution in [0.25, 0.3) is 0 Å². The topological polar surface area (TPSA) is 70.5 Å². The first-order chi connectivity index (χ1) is 5.11. The molecule has 1 aliphatic rings. The maximum absolute atomic E-state index is 10.8. The van der Waals surface area contributed by atoms with Gasteiger partial charge in [-0.3, -0.25) is 10.2 Å². The van der Waals surface area contributed by atoms with Crippen LogP contribution in [0.5, 0.6) is 0 Å². The van der Waals surface area contributed by atoms with Crippen molar-refractivity contribution in [1.82, 2.24) is 5.06 Å². The van der Waals surface area contributed by atoms with Gasteiger partial charge in [0.05, 0.1) is 0 Å². The maximum atomic E-state index is 10.8. The monoisotopic (exact) mass is 156 g/mol. The molecule has 5 nitrogen and oxygen atoms in total. The third-order valence-corrected chi connectivity index (χ3v) is 1.27. The van der Waals surface area contributed by atoms with E-state index in [2.05, 4.69) is 4.84 Å². The molecule has 1 amide bonds. The van der Waals surface area contributed by atoms with E-state index in [1.807, 2.05) is 0 Å². The van der Waals surface area contributed by atoms with Crippen molar-refractivity contribution >= 4 is 17.7 Å². The van der Waals surface area contributed by atoms with Crippen molar-refractivity contribution in [3.05, 3.63) is 0 Å². The van der Waals surface area contributed by atoms with E-state index in [1.54, 1.807) is 0 Å². The smallest absolute Gasteiger partial charge is 0.330 e. The Morgan fingerprint density at radius 3 is 2.64 bits per heavy atom. The van der Waals surface area contributed by atoms with Gasteiger partial charge in [-0.2, -0.15) is 0 Å². The fourth-order valence-corrected chi connectivity index (χ4v) is 0.814. The summed E-state index contributed by atoms with van der Waals surface area (Å²) in [7, 11) is 0. The molecule has 0 aliphatic carbocycles. The molecule has 0 bridgehead atoms. The van der Waals surface area contributed by atoms with Crippen LogP contribution < -0.4 is 0 Å². The third-order valence-electron chi connectivity index (χ3n) is 1.27. The van der Waals surface area contributed by atoms with Gasteiger partial charge in [0.1, 0.15) is 5.84 Å². The highest BCUT2D eigenvalue weighted by Crippen LogP contribution is 2.11. The molecule has 0 saturated carbocycles. The number of amides is 1. The molecule has 0 spiro atoms. The lowest BCUT2D eigenvalue weighted by Crippen LogP contribution is -2.30. The average Bonchev–Trinajstić information content (AvgIpc) is 2.18. The largest absolute Gasteiger partial charge is 0.332 e. The average molecular weight is 156 g/mol. The van der Waals surface area contributed by atoms with E-state index < -0.39 is 5.97 Å². The standard InChI is InChI=1S/C6H8N2O3/c1-4(9)11-8-5(7)2-3-6(8)10/h7H,2-3H2,1H3. The molecule has 1 fully saturated rings. The highest BCUT2D eigenvalue weighted by molar-refractivity contribution is 6.02. The zero-order valence-corrected chi connectivity index (χ0v) is 6.09. The molecular formula is C6H8N2O3.